The zero-order valence-electron chi connectivity index (χ0n) is 9.94. The number of nitrogens with one attached hydrogen (secondary N) is 1. The van der Waals surface area contributed by atoms with E-state index in [1.807, 2.05) is 12.3 Å². The van der Waals surface area contributed by atoms with Gasteiger partial charge in [0.15, 0.2) is 0 Å². The molecule has 18 heavy (non-hydrogen) atoms. The molecule has 0 aliphatic heterocycles. The third-order valence-electron chi connectivity index (χ3n) is 2.33. The minimum absolute atomic E-state index is 0.213. The number of hydrogen-bond donors (Lipinski definition) is 2. The molecule has 1 rings (SSSR count). The van der Waals surface area contributed by atoms with Gasteiger partial charge >= 0.3 is 0 Å². The molecule has 1 aromatic carbocycles. The molecule has 0 aromatic heterocycles. The lowest BCUT2D eigenvalue weighted by molar-refractivity contribution is -0.117. The van der Waals surface area contributed by atoms with Gasteiger partial charge in [-0.3, -0.25) is 4.79 Å². The van der Waals surface area contributed by atoms with Crippen molar-refractivity contribution in [3.63, 3.8) is 0 Å². The average molecular weight is 328 g/mol. The molecule has 1 aromatic rings. The molecule has 0 saturated heterocycles. The first-order valence-electron chi connectivity index (χ1n) is 5.33. The standard InChI is InChI=1S/C12H14BrN3OS/c1-18-5-4-10(15)12(17)16-11-3-2-8(7-14)6-9(11)13/h2-3,6,10H,4-5,15H2,1H3,(H,16,17)/t10-/m1/s1. The quantitative estimate of drug-likeness (QED) is 0.869. The van der Waals surface area contributed by atoms with Gasteiger partial charge in [0, 0.05) is 4.47 Å². The maximum absolute atomic E-state index is 11.8. The summed E-state index contributed by atoms with van der Waals surface area (Å²) in [6, 6.07) is 6.50. The molecule has 0 heterocycles. The number of nitriles is 1. The highest BCUT2D eigenvalue weighted by molar-refractivity contribution is 9.10. The maximum atomic E-state index is 11.8. The molecule has 0 aliphatic rings. The number of carbonyl (C=O) groups excluding carboxylic acids is 1. The summed E-state index contributed by atoms with van der Waals surface area (Å²) < 4.78 is 0.673. The highest BCUT2D eigenvalue weighted by Crippen LogP contribution is 2.23. The van der Waals surface area contributed by atoms with Crippen LogP contribution in [0.15, 0.2) is 22.7 Å². The Kier molecular flexibility index (Phi) is 6.19. The number of halogens is 1. The van der Waals surface area contributed by atoms with Crippen LogP contribution in [0.2, 0.25) is 0 Å². The summed E-state index contributed by atoms with van der Waals surface area (Å²) in [7, 11) is 0. The minimum atomic E-state index is -0.514. The number of thioether (sulfide) groups is 1. The molecule has 1 amide bonds. The smallest absolute Gasteiger partial charge is 0.241 e. The average Bonchev–Trinajstić information content (AvgIpc) is 2.38. The number of carbonyl (C=O) groups is 1. The molecular weight excluding hydrogens is 314 g/mol. The van der Waals surface area contributed by atoms with Crippen molar-refractivity contribution in [1.29, 1.82) is 5.26 Å². The lowest BCUT2D eigenvalue weighted by Gasteiger charge is -2.12. The SMILES string of the molecule is CSCC[C@@H](N)C(=O)Nc1ccc(C#N)cc1Br. The van der Waals surface area contributed by atoms with Gasteiger partial charge in [-0.2, -0.15) is 17.0 Å². The summed E-state index contributed by atoms with van der Waals surface area (Å²) in [5, 5.41) is 11.5. The summed E-state index contributed by atoms with van der Waals surface area (Å²) in [6.45, 7) is 0. The van der Waals surface area contributed by atoms with Crippen molar-refractivity contribution in [2.75, 3.05) is 17.3 Å². The number of anilines is 1. The van der Waals surface area contributed by atoms with Crippen molar-refractivity contribution in [3.05, 3.63) is 28.2 Å². The van der Waals surface area contributed by atoms with Gasteiger partial charge in [0.1, 0.15) is 0 Å². The monoisotopic (exact) mass is 327 g/mol. The first-order valence-corrected chi connectivity index (χ1v) is 7.52. The highest BCUT2D eigenvalue weighted by atomic mass is 79.9. The van der Waals surface area contributed by atoms with Crippen LogP contribution in [0.5, 0.6) is 0 Å². The summed E-state index contributed by atoms with van der Waals surface area (Å²) in [4.78, 5) is 11.8. The lowest BCUT2D eigenvalue weighted by Crippen LogP contribution is -2.36. The molecular formula is C12H14BrN3OS. The molecule has 1 atom stereocenters. The highest BCUT2D eigenvalue weighted by Gasteiger charge is 2.14. The van der Waals surface area contributed by atoms with Crippen LogP contribution in [-0.2, 0) is 4.79 Å². The van der Waals surface area contributed by atoms with Gasteiger partial charge in [-0.1, -0.05) is 0 Å². The normalized spacial score (nSPS) is 11.7. The van der Waals surface area contributed by atoms with E-state index in [0.717, 1.165) is 5.75 Å². The second-order valence-electron chi connectivity index (χ2n) is 3.68. The van der Waals surface area contributed by atoms with Gasteiger partial charge < -0.3 is 11.1 Å². The summed E-state index contributed by atoms with van der Waals surface area (Å²) in [6.07, 6.45) is 2.61. The van der Waals surface area contributed by atoms with Crippen LogP contribution in [0.25, 0.3) is 0 Å². The molecule has 6 heteroatoms. The number of nitrogens with zero attached hydrogens (tertiary/aromatic N) is 1. The molecule has 0 radical (unpaired) electrons. The molecule has 0 unspecified atom stereocenters. The number of benzene rings is 1. The maximum Gasteiger partial charge on any atom is 0.241 e. The van der Waals surface area contributed by atoms with Crippen molar-refractivity contribution < 1.29 is 4.79 Å². The van der Waals surface area contributed by atoms with E-state index in [4.69, 9.17) is 11.0 Å². The fraction of sp³-hybridized carbons (Fsp3) is 0.333. The zero-order chi connectivity index (χ0) is 13.5. The van der Waals surface area contributed by atoms with Crippen LogP contribution in [0.4, 0.5) is 5.69 Å². The van der Waals surface area contributed by atoms with E-state index in [2.05, 4.69) is 21.2 Å². The fourth-order valence-electron chi connectivity index (χ4n) is 1.29. The Labute approximate surface area is 119 Å². The van der Waals surface area contributed by atoms with E-state index in [-0.39, 0.29) is 5.91 Å². The fourth-order valence-corrected chi connectivity index (χ4v) is 2.25. The topological polar surface area (TPSA) is 78.9 Å². The van der Waals surface area contributed by atoms with Crippen LogP contribution in [0.1, 0.15) is 12.0 Å². The summed E-state index contributed by atoms with van der Waals surface area (Å²) in [5.41, 5.74) is 6.92. The van der Waals surface area contributed by atoms with Crippen molar-refractivity contribution in [1.82, 2.24) is 0 Å². The van der Waals surface area contributed by atoms with Crippen molar-refractivity contribution in [3.8, 4) is 6.07 Å². The van der Waals surface area contributed by atoms with Gasteiger partial charge in [-0.15, -0.1) is 0 Å². The van der Waals surface area contributed by atoms with Gasteiger partial charge in [-0.05, 0) is 52.6 Å². The molecule has 0 fully saturated rings. The third kappa shape index (κ3) is 4.33. The Morgan fingerprint density at radius 3 is 2.94 bits per heavy atom. The molecule has 96 valence electrons. The lowest BCUT2D eigenvalue weighted by atomic mass is 10.2. The summed E-state index contributed by atoms with van der Waals surface area (Å²) >= 11 is 4.96. The number of amides is 1. The minimum Gasteiger partial charge on any atom is -0.324 e. The Morgan fingerprint density at radius 2 is 2.39 bits per heavy atom. The van der Waals surface area contributed by atoms with E-state index in [9.17, 15) is 4.79 Å². The summed E-state index contributed by atoms with van der Waals surface area (Å²) in [5.74, 6) is 0.637. The first-order chi connectivity index (χ1) is 8.58. The Balaban J connectivity index is 2.67. The van der Waals surface area contributed by atoms with E-state index < -0.39 is 6.04 Å². The van der Waals surface area contributed by atoms with Gasteiger partial charge in [0.05, 0.1) is 23.4 Å². The second kappa shape index (κ2) is 7.41. The molecule has 0 bridgehead atoms. The predicted molar refractivity (Wildman–Crippen MR) is 78.5 cm³/mol. The second-order valence-corrected chi connectivity index (χ2v) is 5.52. The van der Waals surface area contributed by atoms with E-state index >= 15 is 0 Å². The largest absolute Gasteiger partial charge is 0.324 e. The first kappa shape index (κ1) is 15.0. The van der Waals surface area contributed by atoms with Crippen LogP contribution < -0.4 is 11.1 Å². The Hall–Kier alpha value is -1.03. The van der Waals surface area contributed by atoms with Crippen molar-refractivity contribution in [2.24, 2.45) is 5.73 Å². The van der Waals surface area contributed by atoms with Gasteiger partial charge in [-0.25, -0.2) is 0 Å². The molecule has 0 aliphatic carbocycles. The van der Waals surface area contributed by atoms with Crippen LogP contribution in [0.3, 0.4) is 0 Å². The third-order valence-corrected chi connectivity index (χ3v) is 3.63. The van der Waals surface area contributed by atoms with Crippen LogP contribution in [0, 0.1) is 11.3 Å². The molecule has 3 N–H and O–H groups in total. The van der Waals surface area contributed by atoms with E-state index in [1.54, 1.807) is 30.0 Å². The van der Waals surface area contributed by atoms with Crippen molar-refractivity contribution >= 4 is 39.3 Å². The van der Waals surface area contributed by atoms with E-state index in [1.165, 1.54) is 0 Å². The predicted octanol–water partition coefficient (Wildman–Crippen LogP) is 2.34. The molecule has 0 spiro atoms. The van der Waals surface area contributed by atoms with Gasteiger partial charge in [0.25, 0.3) is 0 Å². The number of rotatable bonds is 5. The van der Waals surface area contributed by atoms with Crippen LogP contribution in [-0.4, -0.2) is 24.0 Å². The number of hydrogen-bond acceptors (Lipinski definition) is 4. The molecule has 4 nitrogen and oxygen atoms in total. The molecule has 0 saturated carbocycles. The van der Waals surface area contributed by atoms with Crippen molar-refractivity contribution in [2.45, 2.75) is 12.5 Å². The Morgan fingerprint density at radius 1 is 1.67 bits per heavy atom. The zero-order valence-corrected chi connectivity index (χ0v) is 12.3. The Bertz CT molecular complexity index is 473. The van der Waals surface area contributed by atoms with E-state index in [0.29, 0.717) is 22.1 Å². The van der Waals surface area contributed by atoms with Gasteiger partial charge in [0.2, 0.25) is 5.91 Å². The number of nitrogens with two attached hydrogens (primary N) is 1. The van der Waals surface area contributed by atoms with Crippen LogP contribution >= 0.6 is 27.7 Å².